The molecule has 1 aromatic heterocycles. The summed E-state index contributed by atoms with van der Waals surface area (Å²) < 4.78 is 0. The zero-order valence-electron chi connectivity index (χ0n) is 15.1. The lowest BCUT2D eigenvalue weighted by Gasteiger charge is -2.24. The van der Waals surface area contributed by atoms with Crippen LogP contribution in [0.25, 0.3) is 0 Å². The molecule has 2 N–H and O–H groups in total. The fourth-order valence-corrected chi connectivity index (χ4v) is 4.10. The summed E-state index contributed by atoms with van der Waals surface area (Å²) in [7, 11) is 0. The fraction of sp³-hybridized carbons (Fsp3) is 0.150. The molecule has 1 atom stereocenters. The van der Waals surface area contributed by atoms with Crippen molar-refractivity contribution in [3.05, 3.63) is 91.8 Å². The number of anilines is 1. The molecular weight excluding hydrogens is 392 g/mol. The largest absolute Gasteiger partial charge is 0.310 e. The summed E-state index contributed by atoms with van der Waals surface area (Å²) in [5, 5.41) is 14.1. The third kappa shape index (κ3) is 4.04. The molecule has 0 spiro atoms. The highest BCUT2D eigenvalue weighted by molar-refractivity contribution is 7.98. The number of benzene rings is 2. The van der Waals surface area contributed by atoms with E-state index in [1.165, 1.54) is 23.9 Å². The summed E-state index contributed by atoms with van der Waals surface area (Å²) in [6.45, 7) is 0. The van der Waals surface area contributed by atoms with Gasteiger partial charge < -0.3 is 10.3 Å². The van der Waals surface area contributed by atoms with Crippen LogP contribution in [0.4, 0.5) is 11.5 Å². The lowest BCUT2D eigenvalue weighted by molar-refractivity contribution is -0.384. The van der Waals surface area contributed by atoms with Gasteiger partial charge in [0.15, 0.2) is 5.16 Å². The van der Waals surface area contributed by atoms with Crippen molar-refractivity contribution in [1.82, 2.24) is 9.97 Å². The number of hydrogen-bond donors (Lipinski definition) is 2. The lowest BCUT2D eigenvalue weighted by atomic mass is 9.86. The van der Waals surface area contributed by atoms with E-state index in [0.29, 0.717) is 22.0 Å². The van der Waals surface area contributed by atoms with E-state index in [2.05, 4.69) is 15.3 Å². The predicted octanol–water partition coefficient (Wildman–Crippen LogP) is 3.44. The van der Waals surface area contributed by atoms with Crippen molar-refractivity contribution >= 4 is 29.2 Å². The molecule has 1 amide bonds. The maximum atomic E-state index is 12.8. The van der Waals surface area contributed by atoms with Crippen LogP contribution in [-0.4, -0.2) is 20.8 Å². The maximum Gasteiger partial charge on any atom is 0.269 e. The van der Waals surface area contributed by atoms with Gasteiger partial charge in [-0.25, -0.2) is 4.98 Å². The Balaban J connectivity index is 1.68. The first-order valence-corrected chi connectivity index (χ1v) is 9.85. The summed E-state index contributed by atoms with van der Waals surface area (Å²) in [4.78, 5) is 42.8. The Bertz CT molecular complexity index is 1150. The van der Waals surface area contributed by atoms with Crippen LogP contribution in [0.1, 0.15) is 29.0 Å². The molecule has 146 valence electrons. The molecule has 0 aliphatic carbocycles. The number of non-ortho nitro benzene ring substituents is 1. The van der Waals surface area contributed by atoms with Gasteiger partial charge in [-0.05, 0) is 11.1 Å². The Morgan fingerprint density at radius 1 is 1.14 bits per heavy atom. The molecule has 2 aromatic carbocycles. The number of carbonyl (C=O) groups excluding carboxylic acids is 1. The minimum absolute atomic E-state index is 0.0232. The topological polar surface area (TPSA) is 118 Å². The number of thioether (sulfide) groups is 1. The zero-order valence-corrected chi connectivity index (χ0v) is 15.9. The molecule has 1 aliphatic rings. The van der Waals surface area contributed by atoms with E-state index < -0.39 is 10.8 Å². The Morgan fingerprint density at radius 3 is 2.69 bits per heavy atom. The van der Waals surface area contributed by atoms with Crippen molar-refractivity contribution in [3.63, 3.8) is 0 Å². The van der Waals surface area contributed by atoms with Gasteiger partial charge in [0.1, 0.15) is 5.82 Å². The van der Waals surface area contributed by atoms with E-state index >= 15 is 0 Å². The van der Waals surface area contributed by atoms with Crippen LogP contribution in [0.15, 0.2) is 64.5 Å². The van der Waals surface area contributed by atoms with E-state index in [1.54, 1.807) is 12.1 Å². The number of aromatic amines is 1. The monoisotopic (exact) mass is 408 g/mol. The quantitative estimate of drug-likeness (QED) is 0.289. The summed E-state index contributed by atoms with van der Waals surface area (Å²) in [5.41, 5.74) is 1.48. The minimum Gasteiger partial charge on any atom is -0.310 e. The second-order valence-electron chi connectivity index (χ2n) is 6.56. The van der Waals surface area contributed by atoms with Crippen molar-refractivity contribution < 1.29 is 9.72 Å². The second-order valence-corrected chi connectivity index (χ2v) is 7.53. The number of nitrogens with zero attached hydrogens (tertiary/aromatic N) is 2. The number of aromatic nitrogens is 2. The summed E-state index contributed by atoms with van der Waals surface area (Å²) >= 11 is 1.36. The summed E-state index contributed by atoms with van der Waals surface area (Å²) in [6.07, 6.45) is 0.0232. The highest BCUT2D eigenvalue weighted by Crippen LogP contribution is 2.35. The lowest BCUT2D eigenvalue weighted by Crippen LogP contribution is -2.31. The molecule has 1 unspecified atom stereocenters. The zero-order chi connectivity index (χ0) is 20.4. The van der Waals surface area contributed by atoms with Crippen LogP contribution in [-0.2, 0) is 10.5 Å². The molecule has 3 aromatic rings. The van der Waals surface area contributed by atoms with Gasteiger partial charge in [-0.1, -0.05) is 54.2 Å². The minimum atomic E-state index is -0.594. The first-order chi connectivity index (χ1) is 14.0. The van der Waals surface area contributed by atoms with Crippen molar-refractivity contribution in [2.24, 2.45) is 0 Å². The Hall–Kier alpha value is -3.46. The number of nitrogens with one attached hydrogen (secondary N) is 2. The predicted molar refractivity (Wildman–Crippen MR) is 109 cm³/mol. The van der Waals surface area contributed by atoms with Gasteiger partial charge in [-0.2, -0.15) is 0 Å². The SMILES string of the molecule is O=C1CC(c2cccc([N+](=O)[O-])c2)c2c(nc(SCc3ccccc3)[nH]c2=O)N1. The van der Waals surface area contributed by atoms with Crippen LogP contribution in [0.5, 0.6) is 0 Å². The first-order valence-electron chi connectivity index (χ1n) is 8.86. The van der Waals surface area contributed by atoms with E-state index in [-0.39, 0.29) is 29.4 Å². The summed E-state index contributed by atoms with van der Waals surface area (Å²) in [6, 6.07) is 15.7. The van der Waals surface area contributed by atoms with Crippen LogP contribution >= 0.6 is 11.8 Å². The number of rotatable bonds is 5. The number of H-pyrrole nitrogens is 1. The molecule has 29 heavy (non-hydrogen) atoms. The average molecular weight is 408 g/mol. The van der Waals surface area contributed by atoms with E-state index in [4.69, 9.17) is 0 Å². The summed E-state index contributed by atoms with van der Waals surface area (Å²) in [5.74, 6) is -0.0589. The number of amides is 1. The van der Waals surface area contributed by atoms with Gasteiger partial charge >= 0.3 is 0 Å². The van der Waals surface area contributed by atoms with Gasteiger partial charge in [-0.3, -0.25) is 19.7 Å². The van der Waals surface area contributed by atoms with Crippen LogP contribution in [0, 0.1) is 10.1 Å². The first kappa shape index (κ1) is 18.9. The smallest absolute Gasteiger partial charge is 0.269 e. The number of hydrogen-bond acceptors (Lipinski definition) is 6. The number of carbonyl (C=O) groups is 1. The third-order valence-corrected chi connectivity index (χ3v) is 5.58. The normalized spacial score (nSPS) is 15.4. The molecule has 4 rings (SSSR count). The number of fused-ring (bicyclic) bond motifs is 1. The maximum absolute atomic E-state index is 12.8. The van der Waals surface area contributed by atoms with Gasteiger partial charge in [-0.15, -0.1) is 0 Å². The third-order valence-electron chi connectivity index (χ3n) is 4.63. The highest BCUT2D eigenvalue weighted by Gasteiger charge is 2.31. The van der Waals surface area contributed by atoms with Crippen molar-refractivity contribution in [2.75, 3.05) is 5.32 Å². The second kappa shape index (κ2) is 7.88. The van der Waals surface area contributed by atoms with Gasteiger partial charge in [0.25, 0.3) is 11.2 Å². The van der Waals surface area contributed by atoms with Crippen molar-refractivity contribution in [2.45, 2.75) is 23.2 Å². The Labute approximate surface area is 169 Å². The van der Waals surface area contributed by atoms with Gasteiger partial charge in [0, 0.05) is 30.2 Å². The van der Waals surface area contributed by atoms with Gasteiger partial charge in [0.2, 0.25) is 5.91 Å². The molecule has 8 nitrogen and oxygen atoms in total. The number of nitro benzene ring substituents is 1. The van der Waals surface area contributed by atoms with E-state index in [0.717, 1.165) is 5.56 Å². The van der Waals surface area contributed by atoms with Crippen molar-refractivity contribution in [3.8, 4) is 0 Å². The highest BCUT2D eigenvalue weighted by atomic mass is 32.2. The molecule has 0 saturated heterocycles. The van der Waals surface area contributed by atoms with Crippen LogP contribution in [0.2, 0.25) is 0 Å². The van der Waals surface area contributed by atoms with E-state index in [1.807, 2.05) is 30.3 Å². The molecule has 2 heterocycles. The molecule has 0 saturated carbocycles. The fourth-order valence-electron chi connectivity index (χ4n) is 3.28. The van der Waals surface area contributed by atoms with E-state index in [9.17, 15) is 19.7 Å². The standard InChI is InChI=1S/C20H16N4O4S/c25-16-10-15(13-7-4-8-14(9-13)24(27)28)17-18(21-16)22-20(23-19(17)26)29-11-12-5-2-1-3-6-12/h1-9,15H,10-11H2,(H2,21,22,23,25,26). The Morgan fingerprint density at radius 2 is 1.93 bits per heavy atom. The number of nitro groups is 1. The Kier molecular flexibility index (Phi) is 5.13. The van der Waals surface area contributed by atoms with Crippen LogP contribution < -0.4 is 10.9 Å². The van der Waals surface area contributed by atoms with Crippen molar-refractivity contribution in [1.29, 1.82) is 0 Å². The average Bonchev–Trinajstić information content (AvgIpc) is 2.72. The molecule has 9 heteroatoms. The van der Waals surface area contributed by atoms with Gasteiger partial charge in [0.05, 0.1) is 10.5 Å². The molecule has 0 bridgehead atoms. The molecular formula is C20H16N4O4S. The molecule has 0 radical (unpaired) electrons. The molecule has 1 aliphatic heterocycles. The van der Waals surface area contributed by atoms with Crippen LogP contribution in [0.3, 0.4) is 0 Å². The molecule has 0 fully saturated rings.